The molecule has 1 aliphatic heterocycles. The van der Waals surface area contributed by atoms with Gasteiger partial charge in [0.05, 0.1) is 21.8 Å². The van der Waals surface area contributed by atoms with Crippen molar-refractivity contribution in [2.24, 2.45) is 16.1 Å². The van der Waals surface area contributed by atoms with Gasteiger partial charge >= 0.3 is 0 Å². The molecular formula is C20H28Cl2N4O2. The number of aliphatic imine (C=N–C) groups is 1. The van der Waals surface area contributed by atoms with E-state index in [-0.39, 0.29) is 12.0 Å². The fourth-order valence-electron chi connectivity index (χ4n) is 3.31. The van der Waals surface area contributed by atoms with Crippen LogP contribution >= 0.6 is 23.2 Å². The number of halogens is 2. The zero-order chi connectivity index (χ0) is 20.9. The Morgan fingerprint density at radius 2 is 2.07 bits per heavy atom. The minimum absolute atomic E-state index is 0.221. The Balaban J connectivity index is 2.19. The number of nitrogens with zero attached hydrogens (tertiary/aromatic N) is 3. The van der Waals surface area contributed by atoms with Crippen molar-refractivity contribution in [1.82, 2.24) is 4.90 Å². The van der Waals surface area contributed by atoms with E-state index in [4.69, 9.17) is 28.9 Å². The first-order valence-corrected chi connectivity index (χ1v) is 10.0. The van der Waals surface area contributed by atoms with E-state index in [0.29, 0.717) is 34.8 Å². The number of carbonyl (C=O) groups is 1. The van der Waals surface area contributed by atoms with Crippen LogP contribution in [-0.2, 0) is 4.79 Å². The molecule has 1 aliphatic rings. The highest BCUT2D eigenvalue weighted by atomic mass is 35.5. The number of carbonyl (C=O) groups excluding carboxylic acids is 1. The Morgan fingerprint density at radius 1 is 1.43 bits per heavy atom. The van der Waals surface area contributed by atoms with E-state index in [1.165, 1.54) is 6.08 Å². The van der Waals surface area contributed by atoms with Crippen LogP contribution in [0.2, 0.25) is 10.0 Å². The van der Waals surface area contributed by atoms with Gasteiger partial charge in [-0.25, -0.2) is 4.99 Å². The average Bonchev–Trinajstić information content (AvgIpc) is 2.69. The van der Waals surface area contributed by atoms with E-state index in [1.807, 2.05) is 31.0 Å². The first-order valence-electron chi connectivity index (χ1n) is 9.25. The Hall–Kier alpha value is -1.60. The number of hydrogen-bond acceptors (Lipinski definition) is 5. The minimum Gasteiger partial charge on any atom is -0.391 e. The number of aliphatic hydroxyl groups is 1. The van der Waals surface area contributed by atoms with Gasteiger partial charge in [-0.3, -0.25) is 4.79 Å². The Bertz CT molecular complexity index is 759. The summed E-state index contributed by atoms with van der Waals surface area (Å²) in [4.78, 5) is 19.7. The van der Waals surface area contributed by atoms with Crippen molar-refractivity contribution in [1.29, 1.82) is 0 Å². The normalized spacial score (nSPS) is 18.8. The standard InChI is InChI=1S/C20H28Cl2N4O2/c1-14(25(3)16-6-4-5-15(21)19(16)22)24-18(7-12-27)26-10-8-20(2,9-11-26)17(28)13-23/h4-7,12,17,28H,8-11,13,23H2,1-3H3/b18-7+,24-14?. The van der Waals surface area contributed by atoms with Crippen LogP contribution < -0.4 is 10.6 Å². The third kappa shape index (κ3) is 5.06. The first-order chi connectivity index (χ1) is 13.2. The molecular weight excluding hydrogens is 399 g/mol. The van der Waals surface area contributed by atoms with Gasteiger partial charge in [0.25, 0.3) is 0 Å². The predicted octanol–water partition coefficient (Wildman–Crippen LogP) is 3.31. The lowest BCUT2D eigenvalue weighted by atomic mass is 9.75. The van der Waals surface area contributed by atoms with Crippen molar-refractivity contribution >= 4 is 41.0 Å². The monoisotopic (exact) mass is 426 g/mol. The second kappa shape index (κ2) is 9.74. The topological polar surface area (TPSA) is 82.2 Å². The molecule has 28 heavy (non-hydrogen) atoms. The summed E-state index contributed by atoms with van der Waals surface area (Å²) in [6.45, 7) is 5.52. The number of anilines is 1. The average molecular weight is 427 g/mol. The van der Waals surface area contributed by atoms with E-state index < -0.39 is 6.10 Å². The molecule has 1 saturated heterocycles. The fraction of sp³-hybridized carbons (Fsp3) is 0.500. The lowest BCUT2D eigenvalue weighted by Gasteiger charge is -2.42. The van der Waals surface area contributed by atoms with E-state index in [2.05, 4.69) is 16.8 Å². The van der Waals surface area contributed by atoms with E-state index in [9.17, 15) is 9.90 Å². The van der Waals surface area contributed by atoms with Crippen molar-refractivity contribution in [3.8, 4) is 0 Å². The van der Waals surface area contributed by atoms with E-state index >= 15 is 0 Å². The Morgan fingerprint density at radius 3 is 2.64 bits per heavy atom. The highest BCUT2D eigenvalue weighted by Crippen LogP contribution is 2.36. The molecule has 0 spiro atoms. The van der Waals surface area contributed by atoms with E-state index in [0.717, 1.165) is 24.8 Å². The molecule has 154 valence electrons. The number of benzene rings is 1. The van der Waals surface area contributed by atoms with Crippen LogP contribution in [0.25, 0.3) is 0 Å². The van der Waals surface area contributed by atoms with Crippen molar-refractivity contribution in [3.05, 3.63) is 40.1 Å². The van der Waals surface area contributed by atoms with Crippen LogP contribution in [0.3, 0.4) is 0 Å². The summed E-state index contributed by atoms with van der Waals surface area (Å²) in [7, 11) is 1.85. The van der Waals surface area contributed by atoms with Crippen molar-refractivity contribution in [3.63, 3.8) is 0 Å². The maximum Gasteiger partial charge on any atom is 0.146 e. The molecule has 0 bridgehead atoms. The molecule has 6 nitrogen and oxygen atoms in total. The maximum atomic E-state index is 11.2. The van der Waals surface area contributed by atoms with Crippen molar-refractivity contribution in [2.75, 3.05) is 31.6 Å². The molecule has 0 aliphatic carbocycles. The molecule has 1 aromatic carbocycles. The number of allylic oxidation sites excluding steroid dienone is 1. The number of likely N-dealkylation sites (tertiary alicyclic amines) is 1. The van der Waals surface area contributed by atoms with Crippen molar-refractivity contribution < 1.29 is 9.90 Å². The smallest absolute Gasteiger partial charge is 0.146 e. The highest BCUT2D eigenvalue weighted by Gasteiger charge is 2.36. The molecule has 0 amide bonds. The van der Waals surface area contributed by atoms with E-state index in [1.54, 1.807) is 6.07 Å². The molecule has 2 rings (SSSR count). The van der Waals surface area contributed by atoms with Gasteiger partial charge in [0, 0.05) is 32.8 Å². The van der Waals surface area contributed by atoms with Gasteiger partial charge in [-0.1, -0.05) is 36.2 Å². The molecule has 0 aromatic heterocycles. The summed E-state index contributed by atoms with van der Waals surface area (Å²) in [5, 5.41) is 11.1. The quantitative estimate of drug-likeness (QED) is 0.315. The second-order valence-electron chi connectivity index (χ2n) is 7.34. The maximum absolute atomic E-state index is 11.2. The van der Waals surface area contributed by atoms with Crippen LogP contribution in [0.15, 0.2) is 35.1 Å². The summed E-state index contributed by atoms with van der Waals surface area (Å²) >= 11 is 12.4. The van der Waals surface area contributed by atoms with Crippen LogP contribution in [-0.4, -0.2) is 54.9 Å². The number of aldehydes is 1. The summed E-state index contributed by atoms with van der Waals surface area (Å²) in [5.74, 6) is 1.26. The van der Waals surface area contributed by atoms with Crippen LogP contribution in [0, 0.1) is 5.41 Å². The number of nitrogens with two attached hydrogens (primary N) is 1. The second-order valence-corrected chi connectivity index (χ2v) is 8.13. The number of aliphatic hydroxyl groups excluding tert-OH is 1. The number of amidine groups is 1. The molecule has 1 heterocycles. The number of hydrogen-bond donors (Lipinski definition) is 2. The van der Waals surface area contributed by atoms with Gasteiger partial charge < -0.3 is 20.6 Å². The van der Waals surface area contributed by atoms with Crippen LogP contribution in [0.5, 0.6) is 0 Å². The molecule has 8 heteroatoms. The third-order valence-electron chi connectivity index (χ3n) is 5.53. The van der Waals surface area contributed by atoms with Crippen molar-refractivity contribution in [2.45, 2.75) is 32.8 Å². The summed E-state index contributed by atoms with van der Waals surface area (Å²) in [6.07, 6.45) is 3.20. The van der Waals surface area contributed by atoms with Crippen LogP contribution in [0.4, 0.5) is 5.69 Å². The fourth-order valence-corrected chi connectivity index (χ4v) is 3.73. The SMILES string of the molecule is CC(=N/C(=C\C=O)N1CCC(C)(C(O)CN)CC1)N(C)c1cccc(Cl)c1Cl. The molecule has 0 saturated carbocycles. The molecule has 3 N–H and O–H groups in total. The lowest BCUT2D eigenvalue weighted by Crippen LogP contribution is -2.46. The molecule has 1 unspecified atom stereocenters. The Labute approximate surface area is 176 Å². The zero-order valence-electron chi connectivity index (χ0n) is 16.5. The predicted molar refractivity (Wildman–Crippen MR) is 116 cm³/mol. The van der Waals surface area contributed by atoms with Gasteiger partial charge in [0.15, 0.2) is 0 Å². The molecule has 0 radical (unpaired) electrons. The molecule has 1 aromatic rings. The summed E-state index contributed by atoms with van der Waals surface area (Å²) in [6, 6.07) is 5.41. The summed E-state index contributed by atoms with van der Waals surface area (Å²) < 4.78 is 0. The van der Waals surface area contributed by atoms with Crippen LogP contribution in [0.1, 0.15) is 26.7 Å². The number of piperidine rings is 1. The van der Waals surface area contributed by atoms with Gasteiger partial charge in [0.1, 0.15) is 17.9 Å². The Kier molecular flexibility index (Phi) is 7.89. The largest absolute Gasteiger partial charge is 0.391 e. The molecule has 1 atom stereocenters. The summed E-state index contributed by atoms with van der Waals surface area (Å²) in [5.41, 5.74) is 6.15. The van der Waals surface area contributed by atoms with Gasteiger partial charge in [-0.15, -0.1) is 0 Å². The first kappa shape index (κ1) is 22.7. The zero-order valence-corrected chi connectivity index (χ0v) is 18.0. The third-order valence-corrected chi connectivity index (χ3v) is 6.34. The van der Waals surface area contributed by atoms with Gasteiger partial charge in [-0.05, 0) is 37.3 Å². The number of rotatable bonds is 6. The van der Waals surface area contributed by atoms with Gasteiger partial charge in [-0.2, -0.15) is 0 Å². The highest BCUT2D eigenvalue weighted by molar-refractivity contribution is 6.44. The molecule has 1 fully saturated rings. The lowest BCUT2D eigenvalue weighted by molar-refractivity contribution is -0.104. The minimum atomic E-state index is -0.533. The van der Waals surface area contributed by atoms with Gasteiger partial charge in [0.2, 0.25) is 0 Å².